The van der Waals surface area contributed by atoms with Crippen molar-refractivity contribution in [3.05, 3.63) is 34.0 Å². The summed E-state index contributed by atoms with van der Waals surface area (Å²) in [7, 11) is 0. The van der Waals surface area contributed by atoms with Crippen LogP contribution in [0, 0.1) is 0 Å². The number of aromatic amines is 1. The van der Waals surface area contributed by atoms with Crippen molar-refractivity contribution in [1.29, 1.82) is 0 Å². The van der Waals surface area contributed by atoms with Gasteiger partial charge in [0.2, 0.25) is 5.28 Å². The van der Waals surface area contributed by atoms with Crippen molar-refractivity contribution in [3.63, 3.8) is 0 Å². The summed E-state index contributed by atoms with van der Waals surface area (Å²) in [5, 5.41) is 2.34. The van der Waals surface area contributed by atoms with Gasteiger partial charge in [-0.15, -0.1) is 11.3 Å². The van der Waals surface area contributed by atoms with Crippen molar-refractivity contribution in [2.24, 2.45) is 0 Å². The molecule has 1 aliphatic carbocycles. The smallest absolute Gasteiger partial charge is 0.226 e. The van der Waals surface area contributed by atoms with Gasteiger partial charge < -0.3 is 9.88 Å². The van der Waals surface area contributed by atoms with Gasteiger partial charge in [-0.25, -0.2) is 4.98 Å². The topological polar surface area (TPSA) is 57.7 Å². The molecule has 0 amide bonds. The van der Waals surface area contributed by atoms with Crippen LogP contribution in [-0.4, -0.2) is 26.0 Å². The van der Waals surface area contributed by atoms with E-state index in [0.29, 0.717) is 11.7 Å². The minimum absolute atomic E-state index is 0.247. The van der Waals surface area contributed by atoms with E-state index in [1.165, 1.54) is 17.7 Å². The van der Waals surface area contributed by atoms with Gasteiger partial charge in [0.05, 0.1) is 12.9 Å². The summed E-state index contributed by atoms with van der Waals surface area (Å²) >= 11 is 7.79. The van der Waals surface area contributed by atoms with Crippen LogP contribution in [0.3, 0.4) is 0 Å². The summed E-state index contributed by atoms with van der Waals surface area (Å²) in [5.41, 5.74) is 1.48. The molecule has 7 heteroatoms. The highest BCUT2D eigenvalue weighted by Gasteiger charge is 2.32. The van der Waals surface area contributed by atoms with Crippen LogP contribution in [0.25, 0.3) is 11.2 Å². The molecule has 3 aromatic rings. The van der Waals surface area contributed by atoms with Gasteiger partial charge in [0.1, 0.15) is 5.52 Å². The van der Waals surface area contributed by atoms with Gasteiger partial charge >= 0.3 is 0 Å². The van der Waals surface area contributed by atoms with E-state index in [2.05, 4.69) is 42.3 Å². The fourth-order valence-electron chi connectivity index (χ4n) is 2.33. The van der Waals surface area contributed by atoms with E-state index >= 15 is 0 Å². The maximum atomic E-state index is 6.03. The molecule has 1 fully saturated rings. The number of H-pyrrole nitrogens is 1. The fraction of sp³-hybridized carbons (Fsp3) is 0.308. The average molecular weight is 306 g/mol. The number of hydrogen-bond acceptors (Lipinski definition) is 5. The van der Waals surface area contributed by atoms with Gasteiger partial charge in [-0.05, 0) is 35.9 Å². The van der Waals surface area contributed by atoms with E-state index in [9.17, 15) is 0 Å². The van der Waals surface area contributed by atoms with Crippen molar-refractivity contribution < 1.29 is 0 Å². The Hall–Kier alpha value is -1.66. The molecule has 0 aliphatic heterocycles. The van der Waals surface area contributed by atoms with Gasteiger partial charge in [0.15, 0.2) is 11.5 Å². The molecule has 3 aromatic heterocycles. The molecular formula is C13H12ClN5S. The molecule has 0 atom stereocenters. The Balaban J connectivity index is 1.79. The van der Waals surface area contributed by atoms with Gasteiger partial charge in [0.25, 0.3) is 0 Å². The third-order valence-electron chi connectivity index (χ3n) is 3.41. The summed E-state index contributed by atoms with van der Waals surface area (Å²) < 4.78 is 0. The van der Waals surface area contributed by atoms with E-state index in [1.807, 2.05) is 0 Å². The van der Waals surface area contributed by atoms with Crippen LogP contribution >= 0.6 is 22.9 Å². The first-order valence-electron chi connectivity index (χ1n) is 6.47. The number of rotatable bonds is 4. The average Bonchev–Trinajstić information content (AvgIpc) is 2.96. The molecule has 5 nitrogen and oxygen atoms in total. The summed E-state index contributed by atoms with van der Waals surface area (Å²) in [6, 6.07) is 4.76. The summed E-state index contributed by atoms with van der Waals surface area (Å²) in [4.78, 5) is 19.5. The monoisotopic (exact) mass is 305 g/mol. The lowest BCUT2D eigenvalue weighted by atomic mass is 10.3. The zero-order valence-corrected chi connectivity index (χ0v) is 12.2. The minimum Gasteiger partial charge on any atom is -0.347 e. The molecule has 102 valence electrons. The number of halogens is 1. The highest BCUT2D eigenvalue weighted by Crippen LogP contribution is 2.35. The molecule has 0 radical (unpaired) electrons. The maximum Gasteiger partial charge on any atom is 0.226 e. The third-order valence-corrected chi connectivity index (χ3v) is 4.44. The number of aromatic nitrogens is 4. The fourth-order valence-corrected chi connectivity index (χ4v) is 3.20. The molecule has 0 bridgehead atoms. The lowest BCUT2D eigenvalue weighted by molar-refractivity contribution is 0.788. The zero-order valence-electron chi connectivity index (χ0n) is 10.6. The van der Waals surface area contributed by atoms with Crippen molar-refractivity contribution in [3.8, 4) is 0 Å². The summed E-state index contributed by atoms with van der Waals surface area (Å²) in [6.45, 7) is 0.851. The number of anilines is 1. The minimum atomic E-state index is 0.247. The predicted molar refractivity (Wildman–Crippen MR) is 80.2 cm³/mol. The Morgan fingerprint density at radius 2 is 2.30 bits per heavy atom. The summed E-state index contributed by atoms with van der Waals surface area (Å²) in [5.74, 6) is 0.855. The second kappa shape index (κ2) is 4.71. The highest BCUT2D eigenvalue weighted by atomic mass is 35.5. The molecule has 0 spiro atoms. The molecule has 1 saturated carbocycles. The van der Waals surface area contributed by atoms with Crippen LogP contribution in [-0.2, 0) is 6.54 Å². The lowest BCUT2D eigenvalue weighted by Gasteiger charge is -2.23. The number of imidazole rings is 1. The first kappa shape index (κ1) is 12.1. The molecular weight excluding hydrogens is 294 g/mol. The number of thiophene rings is 1. The SMILES string of the molecule is Clc1nc(N(Cc2cccs2)C2CC2)c2[nH]cnc2n1. The number of nitrogens with zero attached hydrogens (tertiary/aromatic N) is 4. The van der Waals surface area contributed by atoms with Crippen molar-refractivity contribution in [1.82, 2.24) is 19.9 Å². The molecule has 0 saturated heterocycles. The first-order chi connectivity index (χ1) is 9.81. The van der Waals surface area contributed by atoms with Crippen LogP contribution in [0.15, 0.2) is 23.8 Å². The molecule has 20 heavy (non-hydrogen) atoms. The number of hydrogen-bond donors (Lipinski definition) is 1. The van der Waals surface area contributed by atoms with E-state index in [1.54, 1.807) is 17.7 Å². The van der Waals surface area contributed by atoms with E-state index < -0.39 is 0 Å². The summed E-state index contributed by atoms with van der Waals surface area (Å²) in [6.07, 6.45) is 4.03. The second-order valence-electron chi connectivity index (χ2n) is 4.86. The maximum absolute atomic E-state index is 6.03. The Kier molecular flexibility index (Phi) is 2.85. The molecule has 1 N–H and O–H groups in total. The zero-order chi connectivity index (χ0) is 13.5. The normalized spacial score (nSPS) is 14.8. The number of nitrogens with one attached hydrogen (secondary N) is 1. The van der Waals surface area contributed by atoms with Gasteiger partial charge in [-0.1, -0.05) is 6.07 Å². The Bertz CT molecular complexity index is 734. The van der Waals surface area contributed by atoms with Crippen LogP contribution in [0.5, 0.6) is 0 Å². The lowest BCUT2D eigenvalue weighted by Crippen LogP contribution is -2.26. The van der Waals surface area contributed by atoms with Crippen molar-refractivity contribution in [2.75, 3.05) is 4.90 Å². The standard InChI is InChI=1S/C13H12ClN5S/c14-13-17-11-10(15-7-16-11)12(18-13)19(8-3-4-8)6-9-2-1-5-20-9/h1-2,5,7-8H,3-4,6H2,(H,15,16,17,18). The van der Waals surface area contributed by atoms with E-state index in [4.69, 9.17) is 11.6 Å². The van der Waals surface area contributed by atoms with Crippen molar-refractivity contribution >= 4 is 39.9 Å². The first-order valence-corrected chi connectivity index (χ1v) is 7.72. The Labute approximate surface area is 124 Å². The molecule has 0 aromatic carbocycles. The van der Waals surface area contributed by atoms with Crippen LogP contribution < -0.4 is 4.90 Å². The van der Waals surface area contributed by atoms with E-state index in [-0.39, 0.29) is 5.28 Å². The predicted octanol–water partition coefficient (Wildman–Crippen LogP) is 3.24. The van der Waals surface area contributed by atoms with Crippen LogP contribution in [0.4, 0.5) is 5.82 Å². The van der Waals surface area contributed by atoms with Crippen LogP contribution in [0.1, 0.15) is 17.7 Å². The molecule has 1 aliphatic rings. The van der Waals surface area contributed by atoms with Crippen LogP contribution in [0.2, 0.25) is 5.28 Å². The van der Waals surface area contributed by atoms with E-state index in [0.717, 1.165) is 17.9 Å². The van der Waals surface area contributed by atoms with Crippen molar-refractivity contribution in [2.45, 2.75) is 25.4 Å². The molecule has 0 unspecified atom stereocenters. The Morgan fingerprint density at radius 3 is 3.05 bits per heavy atom. The number of fused-ring (bicyclic) bond motifs is 1. The Morgan fingerprint density at radius 1 is 1.40 bits per heavy atom. The largest absolute Gasteiger partial charge is 0.347 e. The van der Waals surface area contributed by atoms with Gasteiger partial charge in [-0.2, -0.15) is 9.97 Å². The highest BCUT2D eigenvalue weighted by molar-refractivity contribution is 7.09. The van der Waals surface area contributed by atoms with Gasteiger partial charge in [-0.3, -0.25) is 0 Å². The van der Waals surface area contributed by atoms with Gasteiger partial charge in [0, 0.05) is 10.9 Å². The quantitative estimate of drug-likeness (QED) is 0.752. The third kappa shape index (κ3) is 2.14. The molecule has 4 rings (SSSR count). The molecule has 3 heterocycles. The second-order valence-corrected chi connectivity index (χ2v) is 6.23.